The Hall–Kier alpha value is -2.19. The second-order valence-electron chi connectivity index (χ2n) is 11.2. The molecule has 2 unspecified atom stereocenters. The molecule has 0 spiro atoms. The van der Waals surface area contributed by atoms with E-state index in [0.717, 1.165) is 70.4 Å². The predicted octanol–water partition coefficient (Wildman–Crippen LogP) is 6.83. The van der Waals surface area contributed by atoms with Gasteiger partial charge in [-0.15, -0.1) is 0 Å². The molecular formula is C31H37F3N2OS. The van der Waals surface area contributed by atoms with Gasteiger partial charge in [0.25, 0.3) is 0 Å². The van der Waals surface area contributed by atoms with Gasteiger partial charge in [0.05, 0.1) is 11.2 Å². The van der Waals surface area contributed by atoms with E-state index < -0.39 is 17.3 Å². The van der Waals surface area contributed by atoms with Gasteiger partial charge in [-0.2, -0.15) is 24.5 Å². The lowest BCUT2D eigenvalue weighted by molar-refractivity contribution is -0.137. The van der Waals surface area contributed by atoms with Crippen molar-refractivity contribution < 1.29 is 18.3 Å². The molecule has 7 heteroatoms. The van der Waals surface area contributed by atoms with Crippen LogP contribution in [0.3, 0.4) is 0 Å². The van der Waals surface area contributed by atoms with Crippen molar-refractivity contribution in [1.82, 2.24) is 9.80 Å². The SMILES string of the molecule is OC1(CCCc2ccccc2)CCN(CC2CN(Cc3ccc(C(F)(F)F)cc3)CC2c2ccsc2)CC1. The van der Waals surface area contributed by atoms with Gasteiger partial charge in [-0.25, -0.2) is 0 Å². The van der Waals surface area contributed by atoms with Crippen LogP contribution in [0.1, 0.15) is 53.9 Å². The van der Waals surface area contributed by atoms with Gasteiger partial charge in [-0.05, 0) is 83.7 Å². The number of rotatable bonds is 9. The molecule has 3 nitrogen and oxygen atoms in total. The van der Waals surface area contributed by atoms with Crippen molar-refractivity contribution >= 4 is 11.3 Å². The van der Waals surface area contributed by atoms with Crippen LogP contribution in [0.15, 0.2) is 71.4 Å². The minimum absolute atomic E-state index is 0.419. The summed E-state index contributed by atoms with van der Waals surface area (Å²) >= 11 is 1.72. The van der Waals surface area contributed by atoms with E-state index >= 15 is 0 Å². The zero-order valence-electron chi connectivity index (χ0n) is 21.7. The molecule has 0 amide bonds. The number of hydrogen-bond donors (Lipinski definition) is 1. The second kappa shape index (κ2) is 11.9. The molecule has 5 rings (SSSR count). The summed E-state index contributed by atoms with van der Waals surface area (Å²) in [5, 5.41) is 15.6. The van der Waals surface area contributed by atoms with Crippen LogP contribution in [-0.4, -0.2) is 53.2 Å². The minimum atomic E-state index is -4.30. The Kier molecular flexibility index (Phi) is 8.58. The molecule has 0 saturated carbocycles. The number of alkyl halides is 3. The summed E-state index contributed by atoms with van der Waals surface area (Å²) in [5.41, 5.74) is 2.45. The smallest absolute Gasteiger partial charge is 0.390 e. The standard InChI is InChI=1S/C31H37F3N2OS/c32-31(33,34)28-10-8-25(9-11-28)19-36-21-27(29(22-36)26-12-18-38-23-26)20-35-16-14-30(37,15-17-35)13-4-7-24-5-2-1-3-6-24/h1-3,5-6,8-12,18,23,27,29,37H,4,7,13-17,19-22H2. The van der Waals surface area contributed by atoms with Gasteiger partial charge < -0.3 is 10.0 Å². The van der Waals surface area contributed by atoms with Gasteiger partial charge in [0.2, 0.25) is 0 Å². The third-order valence-electron chi connectivity index (χ3n) is 8.41. The first-order chi connectivity index (χ1) is 18.3. The van der Waals surface area contributed by atoms with Crippen molar-refractivity contribution in [1.29, 1.82) is 0 Å². The first-order valence-electron chi connectivity index (χ1n) is 13.7. The lowest BCUT2D eigenvalue weighted by atomic mass is 9.84. The third-order valence-corrected chi connectivity index (χ3v) is 9.11. The van der Waals surface area contributed by atoms with E-state index in [-0.39, 0.29) is 0 Å². The molecule has 2 fully saturated rings. The van der Waals surface area contributed by atoms with Crippen molar-refractivity contribution in [3.05, 3.63) is 93.7 Å². The van der Waals surface area contributed by atoms with Crippen LogP contribution in [-0.2, 0) is 19.1 Å². The quantitative estimate of drug-likeness (QED) is 0.321. The summed E-state index contributed by atoms with van der Waals surface area (Å²) in [6, 6.07) is 18.3. The van der Waals surface area contributed by atoms with Crippen LogP contribution < -0.4 is 0 Å². The average Bonchev–Trinajstić information content (AvgIpc) is 3.56. The molecule has 38 heavy (non-hydrogen) atoms. The fourth-order valence-corrected chi connectivity index (χ4v) is 6.92. The first-order valence-corrected chi connectivity index (χ1v) is 14.6. The summed E-state index contributed by atoms with van der Waals surface area (Å²) in [6.45, 7) is 5.32. The van der Waals surface area contributed by atoms with E-state index in [4.69, 9.17) is 0 Å². The number of halogens is 3. The van der Waals surface area contributed by atoms with Crippen LogP contribution >= 0.6 is 11.3 Å². The normalized spacial score (nSPS) is 22.6. The highest BCUT2D eigenvalue weighted by Crippen LogP contribution is 2.37. The molecule has 0 bridgehead atoms. The van der Waals surface area contributed by atoms with Crippen LogP contribution in [0.2, 0.25) is 0 Å². The van der Waals surface area contributed by atoms with Gasteiger partial charge in [-0.1, -0.05) is 42.5 Å². The van der Waals surface area contributed by atoms with Crippen LogP contribution in [0.25, 0.3) is 0 Å². The fraction of sp³-hybridized carbons (Fsp3) is 0.484. The summed E-state index contributed by atoms with van der Waals surface area (Å²) in [7, 11) is 0. The monoisotopic (exact) mass is 542 g/mol. The average molecular weight is 543 g/mol. The summed E-state index contributed by atoms with van der Waals surface area (Å²) in [5.74, 6) is 0.880. The topological polar surface area (TPSA) is 26.7 Å². The largest absolute Gasteiger partial charge is 0.416 e. The van der Waals surface area contributed by atoms with Gasteiger partial charge in [0.1, 0.15) is 0 Å². The maximum absolute atomic E-state index is 13.0. The lowest BCUT2D eigenvalue weighted by Gasteiger charge is -2.39. The lowest BCUT2D eigenvalue weighted by Crippen LogP contribution is -2.46. The molecule has 1 N–H and O–H groups in total. The van der Waals surface area contributed by atoms with Crippen LogP contribution in [0.4, 0.5) is 13.2 Å². The Balaban J connectivity index is 1.15. The Labute approximate surface area is 227 Å². The molecule has 2 aliphatic heterocycles. The molecule has 1 aromatic heterocycles. The zero-order chi connectivity index (χ0) is 26.6. The number of thiophene rings is 1. The highest BCUT2D eigenvalue weighted by molar-refractivity contribution is 7.08. The molecule has 2 atom stereocenters. The van der Waals surface area contributed by atoms with Crippen molar-refractivity contribution in [3.8, 4) is 0 Å². The number of benzene rings is 2. The van der Waals surface area contributed by atoms with E-state index in [1.54, 1.807) is 23.5 Å². The Morgan fingerprint density at radius 1 is 0.895 bits per heavy atom. The molecule has 2 aromatic carbocycles. The second-order valence-corrected chi connectivity index (χ2v) is 12.0. The molecular weight excluding hydrogens is 505 g/mol. The number of piperidine rings is 1. The fourth-order valence-electron chi connectivity index (χ4n) is 6.20. The predicted molar refractivity (Wildman–Crippen MR) is 147 cm³/mol. The molecule has 2 aliphatic rings. The maximum Gasteiger partial charge on any atom is 0.416 e. The Morgan fingerprint density at radius 3 is 2.29 bits per heavy atom. The van der Waals surface area contributed by atoms with Crippen molar-refractivity contribution in [3.63, 3.8) is 0 Å². The van der Waals surface area contributed by atoms with Gasteiger partial charge in [-0.3, -0.25) is 4.90 Å². The van der Waals surface area contributed by atoms with Crippen molar-refractivity contribution in [2.75, 3.05) is 32.7 Å². The Morgan fingerprint density at radius 2 is 1.63 bits per heavy atom. The Bertz CT molecular complexity index is 1130. The van der Waals surface area contributed by atoms with E-state index in [9.17, 15) is 18.3 Å². The number of aryl methyl sites for hydroxylation is 1. The highest BCUT2D eigenvalue weighted by Gasteiger charge is 2.38. The highest BCUT2D eigenvalue weighted by atomic mass is 32.1. The van der Waals surface area contributed by atoms with Crippen LogP contribution in [0.5, 0.6) is 0 Å². The van der Waals surface area contributed by atoms with Crippen molar-refractivity contribution in [2.45, 2.75) is 56.3 Å². The number of aliphatic hydroxyl groups is 1. The van der Waals surface area contributed by atoms with Crippen molar-refractivity contribution in [2.24, 2.45) is 5.92 Å². The summed E-state index contributed by atoms with van der Waals surface area (Å²) in [4.78, 5) is 4.90. The molecule has 2 saturated heterocycles. The molecule has 3 heterocycles. The number of hydrogen-bond acceptors (Lipinski definition) is 4. The summed E-state index contributed by atoms with van der Waals surface area (Å²) < 4.78 is 38.9. The molecule has 0 aliphatic carbocycles. The van der Waals surface area contributed by atoms with Gasteiger partial charge in [0, 0.05) is 45.2 Å². The van der Waals surface area contributed by atoms with E-state index in [1.807, 2.05) is 6.07 Å². The number of nitrogens with zero attached hydrogens (tertiary/aromatic N) is 2. The van der Waals surface area contributed by atoms with Crippen LogP contribution in [0, 0.1) is 5.92 Å². The van der Waals surface area contributed by atoms with E-state index in [1.165, 1.54) is 23.3 Å². The molecule has 204 valence electrons. The summed E-state index contributed by atoms with van der Waals surface area (Å²) in [6.07, 6.45) is 0.176. The maximum atomic E-state index is 13.0. The number of likely N-dealkylation sites (tertiary alicyclic amines) is 2. The minimum Gasteiger partial charge on any atom is -0.390 e. The third kappa shape index (κ3) is 7.06. The van der Waals surface area contributed by atoms with E-state index in [0.29, 0.717) is 18.4 Å². The molecule has 3 aromatic rings. The first kappa shape index (κ1) is 27.4. The van der Waals surface area contributed by atoms with Gasteiger partial charge >= 0.3 is 6.18 Å². The van der Waals surface area contributed by atoms with E-state index in [2.05, 4.69) is 50.9 Å². The van der Waals surface area contributed by atoms with Gasteiger partial charge in [0.15, 0.2) is 0 Å². The molecule has 0 radical (unpaired) electrons. The zero-order valence-corrected chi connectivity index (χ0v) is 22.6.